The van der Waals surface area contributed by atoms with Gasteiger partial charge in [0.25, 0.3) is 0 Å². The van der Waals surface area contributed by atoms with E-state index in [4.69, 9.17) is 33.2 Å². The molecule has 0 heterocycles. The van der Waals surface area contributed by atoms with Crippen LogP contribution in [0.5, 0.6) is 17.2 Å². The third-order valence-electron chi connectivity index (χ3n) is 3.47. The Morgan fingerprint density at radius 3 is 1.41 bits per heavy atom. The summed E-state index contributed by atoms with van der Waals surface area (Å²) < 4.78 is 38.2. The van der Waals surface area contributed by atoms with Crippen LogP contribution < -0.4 is 14.2 Å². The van der Waals surface area contributed by atoms with Gasteiger partial charge in [0.1, 0.15) is 56.9 Å². The Morgan fingerprint density at radius 2 is 0.966 bits per heavy atom. The van der Waals surface area contributed by atoms with E-state index in [0.717, 1.165) is 5.56 Å². The third-order valence-corrected chi connectivity index (χ3v) is 3.47. The molecule has 7 heteroatoms. The number of hydrogen-bond acceptors (Lipinski definition) is 7. The minimum Gasteiger partial charge on any atom is -0.501 e. The van der Waals surface area contributed by atoms with Crippen LogP contribution in [0.4, 0.5) is 0 Å². The highest BCUT2D eigenvalue weighted by Gasteiger charge is 2.15. The molecule has 0 fully saturated rings. The van der Waals surface area contributed by atoms with Crippen molar-refractivity contribution in [3.8, 4) is 17.2 Å². The van der Waals surface area contributed by atoms with Crippen molar-refractivity contribution in [1.82, 2.24) is 0 Å². The molecule has 160 valence electrons. The second-order valence-electron chi connectivity index (χ2n) is 5.34. The molecule has 0 aromatic heterocycles. The van der Waals surface area contributed by atoms with Gasteiger partial charge in [-0.1, -0.05) is 26.3 Å². The maximum atomic E-state index is 5.90. The maximum absolute atomic E-state index is 5.90. The van der Waals surface area contributed by atoms with E-state index in [2.05, 4.69) is 26.3 Å². The summed E-state index contributed by atoms with van der Waals surface area (Å²) in [5, 5.41) is 0. The van der Waals surface area contributed by atoms with Crippen molar-refractivity contribution in [3.63, 3.8) is 0 Å². The molecule has 0 unspecified atom stereocenters. The van der Waals surface area contributed by atoms with Crippen molar-refractivity contribution < 1.29 is 33.2 Å². The number of rotatable bonds is 19. The Kier molecular flexibility index (Phi) is 13.0. The molecule has 0 bridgehead atoms. The van der Waals surface area contributed by atoms with Gasteiger partial charge < -0.3 is 33.2 Å². The van der Waals surface area contributed by atoms with E-state index in [1.165, 1.54) is 25.0 Å². The summed E-state index contributed by atoms with van der Waals surface area (Å²) in [5.74, 6) is 1.82. The van der Waals surface area contributed by atoms with Crippen LogP contribution in [0, 0.1) is 0 Å². The normalized spacial score (nSPS) is 9.66. The van der Waals surface area contributed by atoms with E-state index >= 15 is 0 Å². The zero-order chi connectivity index (χ0) is 21.2. The summed E-state index contributed by atoms with van der Waals surface area (Å²) in [4.78, 5) is 0. The zero-order valence-corrected chi connectivity index (χ0v) is 16.8. The monoisotopic (exact) mass is 406 g/mol. The highest BCUT2D eigenvalue weighted by atomic mass is 16.5. The molecule has 0 spiro atoms. The van der Waals surface area contributed by atoms with Gasteiger partial charge >= 0.3 is 0 Å². The van der Waals surface area contributed by atoms with E-state index in [9.17, 15) is 0 Å². The van der Waals surface area contributed by atoms with Gasteiger partial charge in [0, 0.05) is 24.1 Å². The van der Waals surface area contributed by atoms with Gasteiger partial charge in [-0.3, -0.25) is 0 Å². The van der Waals surface area contributed by atoms with Gasteiger partial charge in [0.2, 0.25) is 0 Å². The number of hydrogen-bond donors (Lipinski definition) is 0. The van der Waals surface area contributed by atoms with Crippen molar-refractivity contribution in [2.75, 3.05) is 46.2 Å². The summed E-state index contributed by atoms with van der Waals surface area (Å²) >= 11 is 0. The fourth-order valence-corrected chi connectivity index (χ4v) is 2.28. The van der Waals surface area contributed by atoms with Gasteiger partial charge in [-0.25, -0.2) is 0 Å². The Hall–Kier alpha value is -3.22. The number of ether oxygens (including phenoxy) is 7. The average Bonchev–Trinajstić information content (AvgIpc) is 2.73. The molecule has 1 aromatic carbocycles. The van der Waals surface area contributed by atoms with Crippen LogP contribution >= 0.6 is 0 Å². The van der Waals surface area contributed by atoms with Gasteiger partial charge in [0.15, 0.2) is 0 Å². The van der Waals surface area contributed by atoms with Gasteiger partial charge in [-0.2, -0.15) is 0 Å². The summed E-state index contributed by atoms with van der Waals surface area (Å²) in [6.45, 7) is 16.7. The molecule has 0 aliphatic heterocycles. The van der Waals surface area contributed by atoms with Gasteiger partial charge in [-0.05, 0) is 0 Å². The topological polar surface area (TPSA) is 64.6 Å². The van der Waals surface area contributed by atoms with E-state index < -0.39 is 0 Å². The molecule has 7 nitrogen and oxygen atoms in total. The minimum absolute atomic E-state index is 0.337. The predicted octanol–water partition coefficient (Wildman–Crippen LogP) is 4.01. The van der Waals surface area contributed by atoms with Crippen molar-refractivity contribution in [2.45, 2.75) is 6.42 Å². The Balaban J connectivity index is 3.01. The molecule has 0 saturated heterocycles. The molecular weight excluding hydrogens is 376 g/mol. The first kappa shape index (κ1) is 23.8. The highest BCUT2D eigenvalue weighted by molar-refractivity contribution is 5.51. The molecule has 0 radical (unpaired) electrons. The lowest BCUT2D eigenvalue weighted by Crippen LogP contribution is -2.11. The fraction of sp³-hybridized carbons (Fsp3) is 0.364. The Morgan fingerprint density at radius 1 is 0.552 bits per heavy atom. The standard InChI is InChI=1S/C22H30O7/c1-5-23-10-9-20-21(28-15-12-25-7-3)17-19(27-14-11-24-6-2)18-22(20)29-16-13-26-8-4/h5-8,17-18H,1-4,9-16H2. The highest BCUT2D eigenvalue weighted by Crippen LogP contribution is 2.35. The van der Waals surface area contributed by atoms with Crippen LogP contribution in [0.2, 0.25) is 0 Å². The smallest absolute Gasteiger partial charge is 0.130 e. The second kappa shape index (κ2) is 15.8. The van der Waals surface area contributed by atoms with E-state index in [1.54, 1.807) is 12.1 Å². The molecular formula is C22H30O7. The largest absolute Gasteiger partial charge is 0.501 e. The van der Waals surface area contributed by atoms with Crippen LogP contribution in [-0.2, 0) is 25.4 Å². The molecule has 0 atom stereocenters. The molecule has 0 amide bonds. The average molecular weight is 406 g/mol. The zero-order valence-electron chi connectivity index (χ0n) is 16.8. The van der Waals surface area contributed by atoms with Gasteiger partial charge in [-0.15, -0.1) is 0 Å². The van der Waals surface area contributed by atoms with Crippen molar-refractivity contribution in [2.24, 2.45) is 0 Å². The molecule has 0 aliphatic carbocycles. The van der Waals surface area contributed by atoms with E-state index in [0.29, 0.717) is 69.9 Å². The lowest BCUT2D eigenvalue weighted by molar-refractivity contribution is 0.166. The number of benzene rings is 1. The lowest BCUT2D eigenvalue weighted by atomic mass is 10.1. The summed E-state index contributed by atoms with van der Waals surface area (Å²) in [6.07, 6.45) is 6.06. The second-order valence-corrected chi connectivity index (χ2v) is 5.34. The molecule has 29 heavy (non-hydrogen) atoms. The van der Waals surface area contributed by atoms with Crippen molar-refractivity contribution in [3.05, 3.63) is 69.1 Å². The maximum Gasteiger partial charge on any atom is 0.130 e. The summed E-state index contributed by atoms with van der Waals surface area (Å²) in [6, 6.07) is 3.61. The van der Waals surface area contributed by atoms with Crippen molar-refractivity contribution >= 4 is 0 Å². The molecule has 0 aliphatic rings. The van der Waals surface area contributed by atoms with Crippen LogP contribution in [0.1, 0.15) is 5.56 Å². The molecule has 1 rings (SSSR count). The van der Waals surface area contributed by atoms with Crippen LogP contribution in [0.3, 0.4) is 0 Å². The van der Waals surface area contributed by atoms with Crippen LogP contribution in [0.15, 0.2) is 63.5 Å². The summed E-state index contributed by atoms with van der Waals surface area (Å²) in [7, 11) is 0. The van der Waals surface area contributed by atoms with Crippen LogP contribution in [0.25, 0.3) is 0 Å². The molecule has 0 saturated carbocycles. The first-order valence-electron chi connectivity index (χ1n) is 9.22. The van der Waals surface area contributed by atoms with E-state index in [-0.39, 0.29) is 0 Å². The first-order valence-corrected chi connectivity index (χ1v) is 9.22. The molecule has 0 N–H and O–H groups in total. The van der Waals surface area contributed by atoms with Crippen molar-refractivity contribution in [1.29, 1.82) is 0 Å². The third kappa shape index (κ3) is 10.0. The Bertz CT molecular complexity index is 591. The predicted molar refractivity (Wildman–Crippen MR) is 111 cm³/mol. The molecule has 1 aromatic rings. The SMILES string of the molecule is C=COCCOc1cc(OCCOC=C)c(CCOC=C)c(OCCOC=C)c1. The van der Waals surface area contributed by atoms with Crippen LogP contribution in [-0.4, -0.2) is 46.2 Å². The lowest BCUT2D eigenvalue weighted by Gasteiger charge is -2.18. The van der Waals surface area contributed by atoms with Gasteiger partial charge in [0.05, 0.1) is 31.7 Å². The fourth-order valence-electron chi connectivity index (χ4n) is 2.28. The Labute approximate surface area is 172 Å². The first-order chi connectivity index (χ1) is 14.3. The quantitative estimate of drug-likeness (QED) is 0.254. The van der Waals surface area contributed by atoms with E-state index in [1.807, 2.05) is 0 Å². The summed E-state index contributed by atoms with van der Waals surface area (Å²) in [5.41, 5.74) is 0.846. The minimum atomic E-state index is 0.337.